The predicted octanol–water partition coefficient (Wildman–Crippen LogP) is 4.29. The quantitative estimate of drug-likeness (QED) is 0.602. The number of hydrogen-bond donors (Lipinski definition) is 1. The number of carbonyl (C=O) groups is 2. The van der Waals surface area contributed by atoms with E-state index in [1.54, 1.807) is 30.3 Å². The van der Waals surface area contributed by atoms with Crippen LogP contribution in [-0.2, 0) is 4.74 Å². The maximum absolute atomic E-state index is 12.8. The maximum atomic E-state index is 12.8. The molecule has 1 N–H and O–H groups in total. The largest absolute Gasteiger partial charge is 0.493 e. The molecule has 0 aliphatic heterocycles. The van der Waals surface area contributed by atoms with E-state index in [0.29, 0.717) is 39.6 Å². The van der Waals surface area contributed by atoms with Crippen LogP contribution in [0.3, 0.4) is 0 Å². The summed E-state index contributed by atoms with van der Waals surface area (Å²) in [6.45, 7) is 2.26. The molecule has 2 aromatic rings. The third kappa shape index (κ3) is 4.75. The van der Waals surface area contributed by atoms with Crippen LogP contribution >= 0.6 is 15.9 Å². The molecule has 7 nitrogen and oxygen atoms in total. The zero-order valence-corrected chi connectivity index (χ0v) is 17.7. The van der Waals surface area contributed by atoms with Crippen molar-refractivity contribution in [3.63, 3.8) is 0 Å². The number of halogens is 1. The number of esters is 1. The fraction of sp³-hybridized carbons (Fsp3) is 0.300. The standard InChI is InChI=1S/C20H22BrNO6/c1-5-9-28-20(24)12-7-6-8-13(10-12)22-19(23)14-11-15(25-2)17(26-3)18(27-4)16(14)21/h6-8,10-11H,5,9H2,1-4H3,(H,22,23). The fourth-order valence-corrected chi connectivity index (χ4v) is 3.12. The van der Waals surface area contributed by atoms with E-state index in [1.165, 1.54) is 21.3 Å². The molecule has 8 heteroatoms. The van der Waals surface area contributed by atoms with Crippen LogP contribution in [0.15, 0.2) is 34.8 Å². The zero-order valence-electron chi connectivity index (χ0n) is 16.1. The van der Waals surface area contributed by atoms with Gasteiger partial charge < -0.3 is 24.3 Å². The van der Waals surface area contributed by atoms with Crippen molar-refractivity contribution in [2.45, 2.75) is 13.3 Å². The summed E-state index contributed by atoms with van der Waals surface area (Å²) in [5.41, 5.74) is 1.10. The number of hydrogen-bond acceptors (Lipinski definition) is 6. The van der Waals surface area contributed by atoms with E-state index in [2.05, 4.69) is 21.2 Å². The highest BCUT2D eigenvalue weighted by Crippen LogP contribution is 2.44. The van der Waals surface area contributed by atoms with Gasteiger partial charge in [0.25, 0.3) is 5.91 Å². The Morgan fingerprint density at radius 1 is 1.04 bits per heavy atom. The lowest BCUT2D eigenvalue weighted by atomic mass is 10.1. The highest BCUT2D eigenvalue weighted by Gasteiger charge is 2.23. The van der Waals surface area contributed by atoms with Gasteiger partial charge in [0.2, 0.25) is 5.75 Å². The Labute approximate surface area is 172 Å². The minimum Gasteiger partial charge on any atom is -0.493 e. The Hall–Kier alpha value is -2.74. The van der Waals surface area contributed by atoms with E-state index in [1.807, 2.05) is 6.92 Å². The number of nitrogens with one attached hydrogen (secondary N) is 1. The monoisotopic (exact) mass is 451 g/mol. The van der Waals surface area contributed by atoms with Gasteiger partial charge >= 0.3 is 5.97 Å². The number of anilines is 1. The number of rotatable bonds is 8. The first-order chi connectivity index (χ1) is 13.5. The van der Waals surface area contributed by atoms with Gasteiger partial charge in [-0.1, -0.05) is 13.0 Å². The summed E-state index contributed by atoms with van der Waals surface area (Å²) in [6.07, 6.45) is 0.733. The molecule has 28 heavy (non-hydrogen) atoms. The fourth-order valence-electron chi connectivity index (χ4n) is 2.49. The molecule has 0 aliphatic carbocycles. The Morgan fingerprint density at radius 2 is 1.75 bits per heavy atom. The van der Waals surface area contributed by atoms with Crippen molar-refractivity contribution in [3.05, 3.63) is 45.9 Å². The van der Waals surface area contributed by atoms with Crippen LogP contribution in [0.4, 0.5) is 5.69 Å². The predicted molar refractivity (Wildman–Crippen MR) is 109 cm³/mol. The van der Waals surface area contributed by atoms with Crippen molar-refractivity contribution in [1.82, 2.24) is 0 Å². The van der Waals surface area contributed by atoms with E-state index >= 15 is 0 Å². The third-order valence-corrected chi connectivity index (χ3v) is 4.59. The van der Waals surface area contributed by atoms with E-state index in [0.717, 1.165) is 6.42 Å². The molecule has 1 amide bonds. The third-order valence-electron chi connectivity index (χ3n) is 3.81. The van der Waals surface area contributed by atoms with Gasteiger partial charge in [-0.3, -0.25) is 4.79 Å². The summed E-state index contributed by atoms with van der Waals surface area (Å²) < 4.78 is 21.5. The van der Waals surface area contributed by atoms with Gasteiger partial charge in [-0.15, -0.1) is 0 Å². The van der Waals surface area contributed by atoms with Crippen molar-refractivity contribution >= 4 is 33.5 Å². The molecule has 0 radical (unpaired) electrons. The van der Waals surface area contributed by atoms with Crippen molar-refractivity contribution in [3.8, 4) is 17.2 Å². The number of benzene rings is 2. The highest BCUT2D eigenvalue weighted by atomic mass is 79.9. The molecule has 0 spiro atoms. The van der Waals surface area contributed by atoms with Crippen molar-refractivity contribution in [2.24, 2.45) is 0 Å². The van der Waals surface area contributed by atoms with Crippen LogP contribution in [0.5, 0.6) is 17.2 Å². The van der Waals surface area contributed by atoms with Gasteiger partial charge in [0, 0.05) is 5.69 Å². The van der Waals surface area contributed by atoms with Gasteiger partial charge in [0.1, 0.15) is 0 Å². The summed E-state index contributed by atoms with van der Waals surface area (Å²) in [6, 6.07) is 8.08. The summed E-state index contributed by atoms with van der Waals surface area (Å²) >= 11 is 3.38. The molecule has 150 valence electrons. The van der Waals surface area contributed by atoms with Crippen LogP contribution in [0.25, 0.3) is 0 Å². The molecule has 0 aromatic heterocycles. The first-order valence-electron chi connectivity index (χ1n) is 8.53. The Balaban J connectivity index is 2.32. The second-order valence-corrected chi connectivity index (χ2v) is 6.47. The van der Waals surface area contributed by atoms with Gasteiger partial charge in [0.15, 0.2) is 11.5 Å². The Bertz CT molecular complexity index is 868. The molecule has 0 saturated heterocycles. The lowest BCUT2D eigenvalue weighted by molar-refractivity contribution is 0.0505. The molecule has 0 heterocycles. The Kier molecular flexibility index (Phi) is 7.69. The molecule has 0 unspecified atom stereocenters. The van der Waals surface area contributed by atoms with Gasteiger partial charge in [-0.2, -0.15) is 0 Å². The molecule has 2 rings (SSSR count). The minimum atomic E-state index is -0.438. The summed E-state index contributed by atoms with van der Waals surface area (Å²) in [7, 11) is 4.42. The first kappa shape index (κ1) is 21.6. The molecular weight excluding hydrogens is 430 g/mol. The van der Waals surface area contributed by atoms with Crippen LogP contribution in [0, 0.1) is 0 Å². The molecule has 0 bridgehead atoms. The van der Waals surface area contributed by atoms with Crippen LogP contribution in [0.2, 0.25) is 0 Å². The van der Waals surface area contributed by atoms with E-state index in [9.17, 15) is 9.59 Å². The van der Waals surface area contributed by atoms with E-state index in [-0.39, 0.29) is 5.56 Å². The lowest BCUT2D eigenvalue weighted by Gasteiger charge is -2.16. The summed E-state index contributed by atoms with van der Waals surface area (Å²) in [5, 5.41) is 2.76. The van der Waals surface area contributed by atoms with Crippen molar-refractivity contribution in [2.75, 3.05) is 33.3 Å². The highest BCUT2D eigenvalue weighted by molar-refractivity contribution is 9.10. The molecular formula is C20H22BrNO6. The van der Waals surface area contributed by atoms with Gasteiger partial charge in [0.05, 0.1) is 43.5 Å². The Morgan fingerprint density at radius 3 is 2.36 bits per heavy atom. The van der Waals surface area contributed by atoms with Crippen molar-refractivity contribution in [1.29, 1.82) is 0 Å². The van der Waals surface area contributed by atoms with Crippen molar-refractivity contribution < 1.29 is 28.5 Å². The second kappa shape index (κ2) is 9.98. The minimum absolute atomic E-state index is 0.286. The number of amides is 1. The maximum Gasteiger partial charge on any atom is 0.338 e. The normalized spacial score (nSPS) is 10.2. The van der Waals surface area contributed by atoms with Gasteiger partial charge in [-0.05, 0) is 46.6 Å². The van der Waals surface area contributed by atoms with E-state index < -0.39 is 11.9 Å². The van der Waals surface area contributed by atoms with Gasteiger partial charge in [-0.25, -0.2) is 4.79 Å². The number of methoxy groups -OCH3 is 3. The number of ether oxygens (including phenoxy) is 4. The smallest absolute Gasteiger partial charge is 0.338 e. The average molecular weight is 452 g/mol. The van der Waals surface area contributed by atoms with Crippen LogP contribution in [-0.4, -0.2) is 39.8 Å². The molecule has 2 aromatic carbocycles. The molecule has 0 aliphatic rings. The average Bonchev–Trinajstić information content (AvgIpc) is 2.71. The summed E-state index contributed by atoms with van der Waals surface area (Å²) in [4.78, 5) is 24.8. The molecule has 0 atom stereocenters. The molecule has 0 fully saturated rings. The number of carbonyl (C=O) groups excluding carboxylic acids is 2. The molecule has 0 saturated carbocycles. The van der Waals surface area contributed by atoms with Crippen LogP contribution < -0.4 is 19.5 Å². The summed E-state index contributed by atoms with van der Waals surface area (Å²) in [5.74, 6) is 0.208. The van der Waals surface area contributed by atoms with E-state index in [4.69, 9.17) is 18.9 Å². The second-order valence-electron chi connectivity index (χ2n) is 5.68. The topological polar surface area (TPSA) is 83.1 Å². The van der Waals surface area contributed by atoms with Crippen LogP contribution in [0.1, 0.15) is 34.1 Å². The lowest BCUT2D eigenvalue weighted by Crippen LogP contribution is -2.14. The SMILES string of the molecule is CCCOC(=O)c1cccc(NC(=O)c2cc(OC)c(OC)c(OC)c2Br)c1. The zero-order chi connectivity index (χ0) is 20.7. The first-order valence-corrected chi connectivity index (χ1v) is 9.33.